The summed E-state index contributed by atoms with van der Waals surface area (Å²) in [6, 6.07) is 9.06. The van der Waals surface area contributed by atoms with Crippen molar-refractivity contribution in [1.29, 1.82) is 5.26 Å². The maximum absolute atomic E-state index is 11.5. The Labute approximate surface area is 98.0 Å². The van der Waals surface area contributed by atoms with Gasteiger partial charge in [0.15, 0.2) is 0 Å². The topological polar surface area (TPSA) is 53.3 Å². The van der Waals surface area contributed by atoms with E-state index in [0.717, 1.165) is 0 Å². The summed E-state index contributed by atoms with van der Waals surface area (Å²) >= 11 is 5.98. The number of benzene rings is 1. The minimum absolute atomic E-state index is 0.149. The standard InChI is InChI=1S/C11H9ClN2O2/c12-9-3-1-2-4-10(9)14-6-8(5-13)7-16-11(14)15/h1-4,8H,6-7H2. The maximum Gasteiger partial charge on any atom is 0.414 e. The van der Waals surface area contributed by atoms with Crippen molar-refractivity contribution in [1.82, 2.24) is 0 Å². The summed E-state index contributed by atoms with van der Waals surface area (Å²) in [7, 11) is 0. The number of hydrogen-bond donors (Lipinski definition) is 0. The number of rotatable bonds is 1. The summed E-state index contributed by atoms with van der Waals surface area (Å²) in [6.07, 6.45) is -0.459. The highest BCUT2D eigenvalue weighted by atomic mass is 35.5. The highest BCUT2D eigenvalue weighted by molar-refractivity contribution is 6.33. The van der Waals surface area contributed by atoms with E-state index >= 15 is 0 Å². The molecule has 1 unspecified atom stereocenters. The molecule has 1 fully saturated rings. The highest BCUT2D eigenvalue weighted by Crippen LogP contribution is 2.28. The molecular weight excluding hydrogens is 228 g/mol. The molecule has 1 atom stereocenters. The molecule has 1 heterocycles. The van der Waals surface area contributed by atoms with Crippen LogP contribution in [0.1, 0.15) is 0 Å². The molecule has 4 nitrogen and oxygen atoms in total. The molecule has 0 N–H and O–H groups in total. The van der Waals surface area contributed by atoms with Crippen LogP contribution in [-0.4, -0.2) is 19.2 Å². The first-order valence-electron chi connectivity index (χ1n) is 4.81. The largest absolute Gasteiger partial charge is 0.448 e. The zero-order valence-electron chi connectivity index (χ0n) is 8.39. The lowest BCUT2D eigenvalue weighted by molar-refractivity contribution is 0.127. The van der Waals surface area contributed by atoms with Crippen LogP contribution in [0.25, 0.3) is 0 Å². The van der Waals surface area contributed by atoms with Crippen molar-refractivity contribution in [2.75, 3.05) is 18.1 Å². The Kier molecular flexibility index (Phi) is 2.97. The second-order valence-corrected chi connectivity index (χ2v) is 3.87. The number of cyclic esters (lactones) is 1. The zero-order chi connectivity index (χ0) is 11.5. The Morgan fingerprint density at radius 3 is 2.94 bits per heavy atom. The lowest BCUT2D eigenvalue weighted by atomic mass is 10.1. The molecule has 1 saturated heterocycles. The van der Waals surface area contributed by atoms with Gasteiger partial charge in [-0.25, -0.2) is 4.79 Å². The quantitative estimate of drug-likeness (QED) is 0.753. The fourth-order valence-corrected chi connectivity index (χ4v) is 1.78. The molecule has 82 valence electrons. The fourth-order valence-electron chi connectivity index (χ4n) is 1.54. The second kappa shape index (κ2) is 4.42. The van der Waals surface area contributed by atoms with E-state index in [4.69, 9.17) is 21.6 Å². The number of carbonyl (C=O) groups is 1. The summed E-state index contributed by atoms with van der Waals surface area (Å²) in [5.41, 5.74) is 0.578. The van der Waals surface area contributed by atoms with E-state index < -0.39 is 6.09 Å². The van der Waals surface area contributed by atoms with Gasteiger partial charge in [0, 0.05) is 6.54 Å². The number of carbonyl (C=O) groups excluding carboxylic acids is 1. The summed E-state index contributed by atoms with van der Waals surface area (Å²) in [5.74, 6) is -0.311. The molecule has 1 aliphatic heterocycles. The Bertz CT molecular complexity index is 456. The molecule has 0 aromatic heterocycles. The number of nitriles is 1. The van der Waals surface area contributed by atoms with Crippen molar-refractivity contribution in [2.24, 2.45) is 5.92 Å². The van der Waals surface area contributed by atoms with Crippen LogP contribution < -0.4 is 4.90 Å². The van der Waals surface area contributed by atoms with E-state index in [0.29, 0.717) is 17.3 Å². The fraction of sp³-hybridized carbons (Fsp3) is 0.273. The number of anilines is 1. The van der Waals surface area contributed by atoms with Gasteiger partial charge in [0.25, 0.3) is 0 Å². The SMILES string of the molecule is N#CC1COC(=O)N(c2ccccc2Cl)C1. The van der Waals surface area contributed by atoms with Crippen LogP contribution in [0.4, 0.5) is 10.5 Å². The molecule has 16 heavy (non-hydrogen) atoms. The average molecular weight is 237 g/mol. The third-order valence-corrected chi connectivity index (χ3v) is 2.68. The molecular formula is C11H9ClN2O2. The predicted molar refractivity (Wildman–Crippen MR) is 59.2 cm³/mol. The van der Waals surface area contributed by atoms with Crippen LogP contribution in [0.15, 0.2) is 24.3 Å². The van der Waals surface area contributed by atoms with Crippen molar-refractivity contribution in [3.05, 3.63) is 29.3 Å². The Balaban J connectivity index is 2.29. The van der Waals surface area contributed by atoms with E-state index in [-0.39, 0.29) is 12.5 Å². The first kappa shape index (κ1) is 10.8. The van der Waals surface area contributed by atoms with Crippen LogP contribution >= 0.6 is 11.6 Å². The molecule has 0 aliphatic carbocycles. The third kappa shape index (κ3) is 1.95. The summed E-state index contributed by atoms with van der Waals surface area (Å²) in [4.78, 5) is 12.9. The number of amides is 1. The van der Waals surface area contributed by atoms with Gasteiger partial charge in [-0.15, -0.1) is 0 Å². The Hall–Kier alpha value is -1.73. The lowest BCUT2D eigenvalue weighted by Crippen LogP contribution is -2.42. The number of nitrogens with zero attached hydrogens (tertiary/aromatic N) is 2. The summed E-state index contributed by atoms with van der Waals surface area (Å²) in [6.45, 7) is 0.468. The Morgan fingerprint density at radius 2 is 2.25 bits per heavy atom. The molecule has 1 aromatic carbocycles. The molecule has 2 rings (SSSR count). The van der Waals surface area contributed by atoms with Crippen molar-refractivity contribution in [3.63, 3.8) is 0 Å². The smallest absolute Gasteiger partial charge is 0.414 e. The van der Waals surface area contributed by atoms with Crippen LogP contribution in [0.2, 0.25) is 5.02 Å². The van der Waals surface area contributed by atoms with E-state index in [2.05, 4.69) is 6.07 Å². The van der Waals surface area contributed by atoms with Gasteiger partial charge < -0.3 is 4.74 Å². The lowest BCUT2D eigenvalue weighted by Gasteiger charge is -2.29. The van der Waals surface area contributed by atoms with Gasteiger partial charge in [0.2, 0.25) is 0 Å². The number of hydrogen-bond acceptors (Lipinski definition) is 3. The van der Waals surface area contributed by atoms with Gasteiger partial charge in [-0.05, 0) is 12.1 Å². The number of ether oxygens (including phenoxy) is 1. The van der Waals surface area contributed by atoms with Crippen molar-refractivity contribution >= 4 is 23.4 Å². The second-order valence-electron chi connectivity index (χ2n) is 3.46. The Morgan fingerprint density at radius 1 is 1.50 bits per heavy atom. The van der Waals surface area contributed by atoms with Gasteiger partial charge in [-0.3, -0.25) is 4.90 Å². The van der Waals surface area contributed by atoms with Gasteiger partial charge >= 0.3 is 6.09 Å². The zero-order valence-corrected chi connectivity index (χ0v) is 9.15. The summed E-state index contributed by atoms with van der Waals surface area (Å²) < 4.78 is 4.91. The summed E-state index contributed by atoms with van der Waals surface area (Å²) in [5, 5.41) is 9.28. The molecule has 0 saturated carbocycles. The normalized spacial score (nSPS) is 20.1. The maximum atomic E-state index is 11.5. The molecule has 1 amide bonds. The molecule has 1 aliphatic rings. The molecule has 1 aromatic rings. The van der Waals surface area contributed by atoms with Gasteiger partial charge in [0.1, 0.15) is 6.61 Å². The van der Waals surface area contributed by atoms with E-state index in [9.17, 15) is 4.79 Å². The van der Waals surface area contributed by atoms with Crippen molar-refractivity contribution in [3.8, 4) is 6.07 Å². The van der Waals surface area contributed by atoms with Crippen molar-refractivity contribution < 1.29 is 9.53 Å². The van der Waals surface area contributed by atoms with Gasteiger partial charge in [-0.2, -0.15) is 5.26 Å². The monoisotopic (exact) mass is 236 g/mol. The number of para-hydroxylation sites is 1. The first-order valence-corrected chi connectivity index (χ1v) is 5.18. The van der Waals surface area contributed by atoms with E-state index in [1.807, 2.05) is 0 Å². The minimum atomic E-state index is -0.459. The predicted octanol–water partition coefficient (Wildman–Crippen LogP) is 2.44. The highest BCUT2D eigenvalue weighted by Gasteiger charge is 2.29. The molecule has 5 heteroatoms. The van der Waals surface area contributed by atoms with Crippen LogP contribution in [-0.2, 0) is 4.74 Å². The minimum Gasteiger partial charge on any atom is -0.448 e. The molecule has 0 bridgehead atoms. The average Bonchev–Trinajstić information content (AvgIpc) is 2.31. The van der Waals surface area contributed by atoms with Crippen LogP contribution in [0, 0.1) is 17.2 Å². The molecule has 0 spiro atoms. The van der Waals surface area contributed by atoms with Crippen LogP contribution in [0.3, 0.4) is 0 Å². The first-order chi connectivity index (χ1) is 7.72. The van der Waals surface area contributed by atoms with E-state index in [1.165, 1.54) is 4.90 Å². The number of halogens is 1. The van der Waals surface area contributed by atoms with Gasteiger partial charge in [-0.1, -0.05) is 23.7 Å². The van der Waals surface area contributed by atoms with Gasteiger partial charge in [0.05, 0.1) is 22.7 Å². The van der Waals surface area contributed by atoms with Crippen LogP contribution in [0.5, 0.6) is 0 Å². The van der Waals surface area contributed by atoms with E-state index in [1.54, 1.807) is 24.3 Å². The third-order valence-electron chi connectivity index (χ3n) is 2.36. The molecule has 0 radical (unpaired) electrons. The van der Waals surface area contributed by atoms with Crippen molar-refractivity contribution in [2.45, 2.75) is 0 Å².